The summed E-state index contributed by atoms with van der Waals surface area (Å²) in [5, 5.41) is 2.46. The normalized spacial score (nSPS) is 18.9. The van der Waals surface area contributed by atoms with E-state index in [2.05, 4.69) is 33.0 Å². The maximum absolute atomic E-state index is 12.5. The molecule has 0 aromatic carbocycles. The molecule has 0 unspecified atom stereocenters. The highest BCUT2D eigenvalue weighted by molar-refractivity contribution is 7.80. The molecular formula is C15H26N2O2S. The van der Waals surface area contributed by atoms with Gasteiger partial charge in [-0.05, 0) is 37.5 Å². The van der Waals surface area contributed by atoms with Crippen molar-refractivity contribution in [3.63, 3.8) is 0 Å². The molecule has 5 heteroatoms. The van der Waals surface area contributed by atoms with Crippen molar-refractivity contribution in [2.24, 2.45) is 17.3 Å². The highest BCUT2D eigenvalue weighted by Crippen LogP contribution is 2.38. The maximum Gasteiger partial charge on any atom is 0.328 e. The Hall–Kier alpha value is -0.970. The van der Waals surface area contributed by atoms with Gasteiger partial charge in [0.1, 0.15) is 10.4 Å². The molecule has 114 valence electrons. The predicted molar refractivity (Wildman–Crippen MR) is 84.5 cm³/mol. The molecule has 1 fully saturated rings. The van der Waals surface area contributed by atoms with Gasteiger partial charge >= 0.3 is 6.03 Å². The zero-order chi connectivity index (χ0) is 15.5. The summed E-state index contributed by atoms with van der Waals surface area (Å²) < 4.78 is 0. The van der Waals surface area contributed by atoms with Gasteiger partial charge in [0.2, 0.25) is 5.91 Å². The second kappa shape index (κ2) is 6.66. The number of imide groups is 1. The molecule has 0 saturated carbocycles. The van der Waals surface area contributed by atoms with Crippen LogP contribution in [0.25, 0.3) is 0 Å². The van der Waals surface area contributed by atoms with Crippen LogP contribution in [0.4, 0.5) is 4.79 Å². The zero-order valence-electron chi connectivity index (χ0n) is 13.2. The minimum absolute atomic E-state index is 0.216. The fraction of sp³-hybridized carbons (Fsp3) is 0.800. The van der Waals surface area contributed by atoms with Crippen molar-refractivity contribution in [3.05, 3.63) is 0 Å². The van der Waals surface area contributed by atoms with E-state index in [1.54, 1.807) is 7.05 Å². The van der Waals surface area contributed by atoms with E-state index >= 15 is 0 Å². The van der Waals surface area contributed by atoms with E-state index in [9.17, 15) is 9.59 Å². The average Bonchev–Trinajstić information content (AvgIpc) is 2.35. The number of carbonyl (C=O) groups excluding carboxylic acids is 2. The minimum Gasteiger partial charge on any atom is -0.290 e. The first-order chi connectivity index (χ1) is 9.20. The van der Waals surface area contributed by atoms with Gasteiger partial charge in [0.25, 0.3) is 0 Å². The van der Waals surface area contributed by atoms with Crippen molar-refractivity contribution in [2.75, 3.05) is 7.05 Å². The second-order valence-electron chi connectivity index (χ2n) is 6.57. The van der Waals surface area contributed by atoms with Crippen molar-refractivity contribution in [2.45, 2.75) is 53.4 Å². The molecule has 0 bridgehead atoms. The van der Waals surface area contributed by atoms with Gasteiger partial charge in [-0.2, -0.15) is 0 Å². The molecule has 0 aromatic rings. The molecule has 1 aliphatic heterocycles. The van der Waals surface area contributed by atoms with Crippen LogP contribution in [0.15, 0.2) is 0 Å². The number of thiocarbonyl (C=S) groups is 1. The van der Waals surface area contributed by atoms with Crippen LogP contribution in [-0.4, -0.2) is 28.9 Å². The summed E-state index contributed by atoms with van der Waals surface area (Å²) in [7, 11) is 1.64. The van der Waals surface area contributed by atoms with Crippen molar-refractivity contribution >= 4 is 29.1 Å². The smallest absolute Gasteiger partial charge is 0.290 e. The molecule has 1 N–H and O–H groups in total. The van der Waals surface area contributed by atoms with Gasteiger partial charge in [-0.3, -0.25) is 15.0 Å². The molecule has 0 atom stereocenters. The number of carbonyl (C=O) groups is 2. The van der Waals surface area contributed by atoms with Crippen molar-refractivity contribution in [3.8, 4) is 0 Å². The summed E-state index contributed by atoms with van der Waals surface area (Å²) >= 11 is 5.46. The van der Waals surface area contributed by atoms with E-state index < -0.39 is 11.4 Å². The Bertz CT molecular complexity index is 393. The summed E-state index contributed by atoms with van der Waals surface area (Å²) in [6, 6.07) is -0.412. The van der Waals surface area contributed by atoms with Gasteiger partial charge in [0.05, 0.1) is 0 Å². The van der Waals surface area contributed by atoms with Gasteiger partial charge in [0, 0.05) is 7.05 Å². The summed E-state index contributed by atoms with van der Waals surface area (Å²) in [6.45, 7) is 8.53. The Balaban J connectivity index is 3.03. The molecule has 1 rings (SSSR count). The van der Waals surface area contributed by atoms with Crippen LogP contribution in [-0.2, 0) is 4.79 Å². The summed E-state index contributed by atoms with van der Waals surface area (Å²) in [5.74, 6) is 0.792. The van der Waals surface area contributed by atoms with Gasteiger partial charge in [0.15, 0.2) is 0 Å². The first-order valence-corrected chi connectivity index (χ1v) is 7.75. The van der Waals surface area contributed by atoms with E-state index in [4.69, 9.17) is 12.2 Å². The summed E-state index contributed by atoms with van der Waals surface area (Å²) in [5.41, 5.74) is -0.702. The Morgan fingerprint density at radius 1 is 1.10 bits per heavy atom. The van der Waals surface area contributed by atoms with Crippen LogP contribution in [0, 0.1) is 17.3 Å². The van der Waals surface area contributed by atoms with E-state index in [0.29, 0.717) is 29.7 Å². The first kappa shape index (κ1) is 17.1. The zero-order valence-corrected chi connectivity index (χ0v) is 14.0. The third kappa shape index (κ3) is 3.57. The maximum atomic E-state index is 12.5. The fourth-order valence-electron chi connectivity index (χ4n) is 2.45. The Morgan fingerprint density at radius 2 is 1.55 bits per heavy atom. The lowest BCUT2D eigenvalue weighted by molar-refractivity contribution is -0.128. The van der Waals surface area contributed by atoms with Crippen LogP contribution in [0.3, 0.4) is 0 Å². The second-order valence-corrected chi connectivity index (χ2v) is 6.96. The lowest BCUT2D eigenvalue weighted by Crippen LogP contribution is -2.62. The SMILES string of the molecule is CC(C)CCC1(CCC(C)C)C(=O)NC(=O)N(C)C1=S. The number of nitrogens with one attached hydrogen (secondary N) is 1. The molecule has 1 aliphatic rings. The number of urea groups is 1. The quantitative estimate of drug-likeness (QED) is 0.765. The van der Waals surface area contributed by atoms with E-state index in [1.807, 2.05) is 0 Å². The van der Waals surface area contributed by atoms with Gasteiger partial charge in [-0.15, -0.1) is 0 Å². The predicted octanol–water partition coefficient (Wildman–Crippen LogP) is 3.35. The standard InChI is InChI=1S/C15H26N2O2S/c1-10(2)6-8-15(9-7-11(3)4)12(18)16-14(19)17(5)13(15)20/h10-11H,6-9H2,1-5H3,(H,16,18,19). The van der Waals surface area contributed by atoms with Crippen LogP contribution in [0.1, 0.15) is 53.4 Å². The lowest BCUT2D eigenvalue weighted by Gasteiger charge is -2.41. The van der Waals surface area contributed by atoms with Crippen LogP contribution >= 0.6 is 12.2 Å². The largest absolute Gasteiger partial charge is 0.328 e. The van der Waals surface area contributed by atoms with Crippen molar-refractivity contribution in [1.82, 2.24) is 10.2 Å². The summed E-state index contributed by atoms with van der Waals surface area (Å²) in [4.78, 5) is 26.0. The molecular weight excluding hydrogens is 272 g/mol. The van der Waals surface area contributed by atoms with E-state index in [0.717, 1.165) is 12.8 Å². The average molecular weight is 298 g/mol. The Morgan fingerprint density at radius 3 is 1.95 bits per heavy atom. The van der Waals surface area contributed by atoms with Gasteiger partial charge in [-0.25, -0.2) is 4.79 Å². The highest BCUT2D eigenvalue weighted by Gasteiger charge is 2.48. The molecule has 0 spiro atoms. The Kier molecular flexibility index (Phi) is 5.68. The number of rotatable bonds is 6. The van der Waals surface area contributed by atoms with Crippen LogP contribution < -0.4 is 5.32 Å². The molecule has 1 heterocycles. The lowest BCUT2D eigenvalue weighted by atomic mass is 9.74. The molecule has 1 saturated heterocycles. The Labute approximate surface area is 127 Å². The molecule has 3 amide bonds. The van der Waals surface area contributed by atoms with Gasteiger partial charge < -0.3 is 0 Å². The number of hydrogen-bond acceptors (Lipinski definition) is 3. The molecule has 0 aromatic heterocycles. The number of amides is 3. The van der Waals surface area contributed by atoms with E-state index in [-0.39, 0.29) is 5.91 Å². The summed E-state index contributed by atoms with van der Waals surface area (Å²) in [6.07, 6.45) is 3.26. The minimum atomic E-state index is -0.702. The number of hydrogen-bond donors (Lipinski definition) is 1. The molecule has 20 heavy (non-hydrogen) atoms. The van der Waals surface area contributed by atoms with Crippen molar-refractivity contribution in [1.29, 1.82) is 0 Å². The topological polar surface area (TPSA) is 49.4 Å². The van der Waals surface area contributed by atoms with Gasteiger partial charge in [-0.1, -0.05) is 39.9 Å². The molecule has 0 radical (unpaired) electrons. The highest BCUT2D eigenvalue weighted by atomic mass is 32.1. The monoisotopic (exact) mass is 298 g/mol. The van der Waals surface area contributed by atoms with Crippen LogP contribution in [0.5, 0.6) is 0 Å². The fourth-order valence-corrected chi connectivity index (χ4v) is 2.83. The van der Waals surface area contributed by atoms with Crippen LogP contribution in [0.2, 0.25) is 0 Å². The first-order valence-electron chi connectivity index (χ1n) is 7.34. The van der Waals surface area contributed by atoms with Crippen molar-refractivity contribution < 1.29 is 9.59 Å². The third-order valence-electron chi connectivity index (χ3n) is 3.97. The third-order valence-corrected chi connectivity index (χ3v) is 4.64. The molecule has 4 nitrogen and oxygen atoms in total. The molecule has 0 aliphatic carbocycles. The van der Waals surface area contributed by atoms with E-state index in [1.165, 1.54) is 4.90 Å². The number of nitrogens with zero attached hydrogens (tertiary/aromatic N) is 1.